The minimum absolute atomic E-state index is 0.00595. The number of anilines is 1. The van der Waals surface area contributed by atoms with Crippen LogP contribution in [0.25, 0.3) is 6.08 Å². The molecule has 6 nitrogen and oxygen atoms in total. The van der Waals surface area contributed by atoms with E-state index in [1.54, 1.807) is 30.3 Å². The normalized spacial score (nSPS) is 17.0. The highest BCUT2D eigenvalue weighted by molar-refractivity contribution is 8.26. The number of hydrogen-bond donors (Lipinski definition) is 0. The maximum atomic E-state index is 12.9. The summed E-state index contributed by atoms with van der Waals surface area (Å²) in [5.41, 5.74) is 3.36. The Bertz CT molecular complexity index is 1110. The largest absolute Gasteiger partial charge is 0.465 e. The quantitative estimate of drug-likeness (QED) is 0.376. The van der Waals surface area contributed by atoms with Crippen LogP contribution >= 0.6 is 24.0 Å². The summed E-state index contributed by atoms with van der Waals surface area (Å²) < 4.78 is 5.14. The molecule has 0 radical (unpaired) electrons. The minimum Gasteiger partial charge on any atom is -0.465 e. The second-order valence-corrected chi connectivity index (χ2v) is 9.15. The Balaban J connectivity index is 1.41. The third kappa shape index (κ3) is 4.61. The molecule has 8 heteroatoms. The van der Waals surface area contributed by atoms with E-state index in [0.717, 1.165) is 24.1 Å². The summed E-state index contributed by atoms with van der Waals surface area (Å²) in [5.74, 6) is -0.624. The van der Waals surface area contributed by atoms with Crippen molar-refractivity contribution in [3.63, 3.8) is 0 Å². The number of benzene rings is 2. The van der Waals surface area contributed by atoms with Crippen LogP contribution in [-0.2, 0) is 20.7 Å². The molecule has 0 aliphatic carbocycles. The number of rotatable bonds is 5. The van der Waals surface area contributed by atoms with Crippen molar-refractivity contribution in [3.05, 3.63) is 70.1 Å². The molecule has 2 aliphatic rings. The van der Waals surface area contributed by atoms with Gasteiger partial charge in [-0.25, -0.2) is 4.79 Å². The zero-order chi connectivity index (χ0) is 22.7. The van der Waals surface area contributed by atoms with Gasteiger partial charge in [-0.15, -0.1) is 0 Å². The molecule has 2 amide bonds. The van der Waals surface area contributed by atoms with Gasteiger partial charge in [0.2, 0.25) is 5.91 Å². The van der Waals surface area contributed by atoms with Gasteiger partial charge < -0.3 is 9.64 Å². The molecule has 1 fully saturated rings. The fourth-order valence-corrected chi connectivity index (χ4v) is 5.12. The third-order valence-corrected chi connectivity index (χ3v) is 6.84. The first-order valence-electron chi connectivity index (χ1n) is 10.3. The summed E-state index contributed by atoms with van der Waals surface area (Å²) in [5, 5.41) is 0. The Morgan fingerprint density at radius 1 is 1.16 bits per heavy atom. The average Bonchev–Trinajstić information content (AvgIpc) is 3.09. The van der Waals surface area contributed by atoms with Crippen LogP contribution in [0.1, 0.15) is 34.3 Å². The van der Waals surface area contributed by atoms with E-state index < -0.39 is 5.97 Å². The summed E-state index contributed by atoms with van der Waals surface area (Å²) in [6.07, 6.45) is 3.85. The molecule has 4 rings (SSSR count). The van der Waals surface area contributed by atoms with Crippen molar-refractivity contribution < 1.29 is 19.1 Å². The van der Waals surface area contributed by atoms with Crippen LogP contribution in [0.15, 0.2) is 53.4 Å². The molecule has 164 valence electrons. The maximum absolute atomic E-state index is 12.9. The number of carbonyl (C=O) groups excluding carboxylic acids is 3. The number of ether oxygens (including phenoxy) is 1. The molecular formula is C24H22N2O4S2. The number of thiocarbonyl (C=S) groups is 1. The topological polar surface area (TPSA) is 66.9 Å². The monoisotopic (exact) mass is 466 g/mol. The van der Waals surface area contributed by atoms with Crippen molar-refractivity contribution in [2.24, 2.45) is 0 Å². The Morgan fingerprint density at radius 2 is 1.91 bits per heavy atom. The molecule has 1 saturated heterocycles. The van der Waals surface area contributed by atoms with Gasteiger partial charge in [0.25, 0.3) is 5.91 Å². The number of nitrogens with zero attached hydrogens (tertiary/aromatic N) is 2. The van der Waals surface area contributed by atoms with Crippen molar-refractivity contribution >= 4 is 57.8 Å². The summed E-state index contributed by atoms with van der Waals surface area (Å²) in [6, 6.07) is 14.7. The van der Waals surface area contributed by atoms with Crippen LogP contribution in [0, 0.1) is 0 Å². The molecule has 2 heterocycles. The first kappa shape index (κ1) is 22.2. The maximum Gasteiger partial charge on any atom is 0.337 e. The predicted octanol–water partition coefficient (Wildman–Crippen LogP) is 4.04. The molecule has 0 atom stereocenters. The van der Waals surface area contributed by atoms with Gasteiger partial charge in [0.15, 0.2) is 0 Å². The summed E-state index contributed by atoms with van der Waals surface area (Å²) in [6.45, 7) is 0.941. The number of carbonyl (C=O) groups is 3. The number of aryl methyl sites for hydroxylation is 1. The van der Waals surface area contributed by atoms with Crippen LogP contribution in [0.5, 0.6) is 0 Å². The summed E-state index contributed by atoms with van der Waals surface area (Å²) >= 11 is 6.61. The van der Waals surface area contributed by atoms with Gasteiger partial charge >= 0.3 is 5.97 Å². The number of thioether (sulfide) groups is 1. The fraction of sp³-hybridized carbons (Fsp3) is 0.250. The lowest BCUT2D eigenvalue weighted by atomic mass is 10.0. The number of para-hydroxylation sites is 1. The predicted molar refractivity (Wildman–Crippen MR) is 129 cm³/mol. The molecule has 2 aliphatic heterocycles. The molecular weight excluding hydrogens is 444 g/mol. The van der Waals surface area contributed by atoms with Crippen molar-refractivity contribution in [1.82, 2.24) is 4.90 Å². The van der Waals surface area contributed by atoms with Gasteiger partial charge in [-0.3, -0.25) is 14.5 Å². The van der Waals surface area contributed by atoms with E-state index in [2.05, 4.69) is 6.07 Å². The van der Waals surface area contributed by atoms with Gasteiger partial charge in [-0.2, -0.15) is 0 Å². The van der Waals surface area contributed by atoms with Crippen LogP contribution < -0.4 is 4.90 Å². The van der Waals surface area contributed by atoms with E-state index in [1.807, 2.05) is 23.1 Å². The second kappa shape index (κ2) is 9.67. The smallest absolute Gasteiger partial charge is 0.337 e. The Kier molecular flexibility index (Phi) is 6.72. The van der Waals surface area contributed by atoms with Crippen molar-refractivity contribution in [2.45, 2.75) is 19.3 Å². The van der Waals surface area contributed by atoms with Crippen LogP contribution in [0.4, 0.5) is 5.69 Å². The Labute approximate surface area is 196 Å². The molecule has 0 saturated carbocycles. The molecule has 0 N–H and O–H groups in total. The third-order valence-electron chi connectivity index (χ3n) is 5.46. The average molecular weight is 467 g/mol. The summed E-state index contributed by atoms with van der Waals surface area (Å²) in [4.78, 5) is 41.1. The molecule has 32 heavy (non-hydrogen) atoms. The van der Waals surface area contributed by atoms with Gasteiger partial charge in [0, 0.05) is 25.2 Å². The number of esters is 1. The highest BCUT2D eigenvalue weighted by atomic mass is 32.2. The van der Waals surface area contributed by atoms with Gasteiger partial charge in [-0.05, 0) is 48.2 Å². The highest BCUT2D eigenvalue weighted by Crippen LogP contribution is 2.33. The van der Waals surface area contributed by atoms with Crippen LogP contribution in [-0.4, -0.2) is 47.2 Å². The van der Waals surface area contributed by atoms with Gasteiger partial charge in [-0.1, -0.05) is 54.3 Å². The molecule has 0 spiro atoms. The lowest BCUT2D eigenvalue weighted by Gasteiger charge is -2.30. The standard InChI is InChI=1S/C24H22N2O4S2/c1-30-23(29)18-10-8-16(9-11-18)15-20-22(28)26(24(31)32-20)14-12-21(27)25-13-4-6-17-5-2-3-7-19(17)25/h2-3,5,7-11,15H,4,6,12-14H2,1H3/b20-15-. The Morgan fingerprint density at radius 3 is 2.66 bits per heavy atom. The lowest BCUT2D eigenvalue weighted by Crippen LogP contribution is -2.38. The highest BCUT2D eigenvalue weighted by Gasteiger charge is 2.33. The number of hydrogen-bond acceptors (Lipinski definition) is 6. The second-order valence-electron chi connectivity index (χ2n) is 7.47. The molecule has 0 bridgehead atoms. The number of methoxy groups -OCH3 is 1. The van der Waals surface area contributed by atoms with Gasteiger partial charge in [0.1, 0.15) is 4.32 Å². The van der Waals surface area contributed by atoms with Crippen LogP contribution in [0.3, 0.4) is 0 Å². The van der Waals surface area contributed by atoms with E-state index >= 15 is 0 Å². The van der Waals surface area contributed by atoms with E-state index in [0.29, 0.717) is 21.3 Å². The molecule has 0 aromatic heterocycles. The van der Waals surface area contributed by atoms with Crippen molar-refractivity contribution in [1.29, 1.82) is 0 Å². The number of fused-ring (bicyclic) bond motifs is 1. The van der Waals surface area contributed by atoms with Gasteiger partial charge in [0.05, 0.1) is 17.6 Å². The van der Waals surface area contributed by atoms with E-state index in [-0.39, 0.29) is 24.8 Å². The van der Waals surface area contributed by atoms with E-state index in [9.17, 15) is 14.4 Å². The molecule has 2 aromatic carbocycles. The van der Waals surface area contributed by atoms with Crippen molar-refractivity contribution in [2.75, 3.05) is 25.1 Å². The van der Waals surface area contributed by atoms with E-state index in [1.165, 1.54) is 29.3 Å². The Hall–Kier alpha value is -2.97. The van der Waals surface area contributed by atoms with Crippen molar-refractivity contribution in [3.8, 4) is 0 Å². The SMILES string of the molecule is COC(=O)c1ccc(/C=C2\SC(=S)N(CCC(=O)N3CCCc4ccccc43)C2=O)cc1. The fourth-order valence-electron chi connectivity index (χ4n) is 3.81. The lowest BCUT2D eigenvalue weighted by molar-refractivity contribution is -0.123. The first-order chi connectivity index (χ1) is 15.5. The van der Waals surface area contributed by atoms with E-state index in [4.69, 9.17) is 17.0 Å². The molecule has 2 aromatic rings. The first-order valence-corrected chi connectivity index (χ1v) is 11.5. The minimum atomic E-state index is -0.413. The summed E-state index contributed by atoms with van der Waals surface area (Å²) in [7, 11) is 1.33. The zero-order valence-corrected chi connectivity index (χ0v) is 19.2. The number of amides is 2. The zero-order valence-electron chi connectivity index (χ0n) is 17.6. The van der Waals surface area contributed by atoms with Crippen LogP contribution in [0.2, 0.25) is 0 Å². The molecule has 0 unspecified atom stereocenters.